The molecule has 2 heterocycles. The zero-order valence-corrected chi connectivity index (χ0v) is 21.0. The van der Waals surface area contributed by atoms with Crippen molar-refractivity contribution in [1.29, 1.82) is 0 Å². The predicted molar refractivity (Wildman–Crippen MR) is 134 cm³/mol. The van der Waals surface area contributed by atoms with Crippen molar-refractivity contribution >= 4 is 54.0 Å². The third kappa shape index (κ3) is 5.22. The number of benzene rings is 2. The quantitative estimate of drug-likeness (QED) is 0.326. The molecule has 0 aliphatic heterocycles. The fourth-order valence-corrected chi connectivity index (χ4v) is 5.82. The zero-order valence-electron chi connectivity index (χ0n) is 18.6. The summed E-state index contributed by atoms with van der Waals surface area (Å²) in [6.07, 6.45) is 3.11. The Morgan fingerprint density at radius 3 is 2.47 bits per heavy atom. The van der Waals surface area contributed by atoms with Gasteiger partial charge in [-0.2, -0.15) is 0 Å². The van der Waals surface area contributed by atoms with Gasteiger partial charge in [-0.3, -0.25) is 14.7 Å². The van der Waals surface area contributed by atoms with Gasteiger partial charge in [0.2, 0.25) is 5.91 Å². The highest BCUT2D eigenvalue weighted by Crippen LogP contribution is 2.34. The van der Waals surface area contributed by atoms with E-state index in [1.54, 1.807) is 30.6 Å². The smallest absolute Gasteiger partial charge is 0.230 e. The summed E-state index contributed by atoms with van der Waals surface area (Å²) < 4.78 is 31.6. The van der Waals surface area contributed by atoms with E-state index >= 15 is 0 Å². The van der Waals surface area contributed by atoms with Crippen molar-refractivity contribution in [3.05, 3.63) is 77.1 Å². The Bertz CT molecular complexity index is 1420. The van der Waals surface area contributed by atoms with Gasteiger partial charge in [0, 0.05) is 23.8 Å². The summed E-state index contributed by atoms with van der Waals surface area (Å²) in [5, 5.41) is 1.09. The largest absolute Gasteiger partial charge is 0.497 e. The van der Waals surface area contributed by atoms with Crippen LogP contribution in [0.15, 0.2) is 65.8 Å². The van der Waals surface area contributed by atoms with Crippen LogP contribution < -0.4 is 9.64 Å². The van der Waals surface area contributed by atoms with E-state index < -0.39 is 9.84 Å². The number of methoxy groups -OCH3 is 1. The molecule has 176 valence electrons. The van der Waals surface area contributed by atoms with Gasteiger partial charge < -0.3 is 4.74 Å². The highest BCUT2D eigenvalue weighted by Gasteiger charge is 2.24. The molecule has 0 saturated heterocycles. The monoisotopic (exact) mass is 515 g/mol. The molecule has 0 atom stereocenters. The number of ether oxygens (including phenoxy) is 1. The van der Waals surface area contributed by atoms with Crippen LogP contribution in [0.3, 0.4) is 0 Å². The number of thiazole rings is 1. The van der Waals surface area contributed by atoms with Gasteiger partial charge in [-0.1, -0.05) is 22.9 Å². The maximum Gasteiger partial charge on any atom is 0.230 e. The molecule has 7 nitrogen and oxygen atoms in total. The number of hydrogen-bond acceptors (Lipinski definition) is 7. The summed E-state index contributed by atoms with van der Waals surface area (Å²) in [6, 6.07) is 13.4. The number of sulfone groups is 1. The Morgan fingerprint density at radius 1 is 1.09 bits per heavy atom. The van der Waals surface area contributed by atoms with Gasteiger partial charge in [-0.25, -0.2) is 13.4 Å². The Balaban J connectivity index is 1.61. The first-order valence-corrected chi connectivity index (χ1v) is 13.2. The van der Waals surface area contributed by atoms with E-state index in [0.29, 0.717) is 15.9 Å². The molecule has 0 N–H and O–H groups in total. The maximum absolute atomic E-state index is 13.3. The first-order chi connectivity index (χ1) is 16.3. The zero-order chi connectivity index (χ0) is 24.3. The molecule has 0 unspecified atom stereocenters. The van der Waals surface area contributed by atoms with Crippen molar-refractivity contribution in [2.24, 2.45) is 0 Å². The van der Waals surface area contributed by atoms with E-state index in [-0.39, 0.29) is 29.5 Å². The number of anilines is 1. The molecule has 34 heavy (non-hydrogen) atoms. The summed E-state index contributed by atoms with van der Waals surface area (Å²) in [6.45, 7) is 2.13. The average molecular weight is 516 g/mol. The number of carbonyl (C=O) groups is 1. The van der Waals surface area contributed by atoms with Crippen LogP contribution in [0.4, 0.5) is 5.13 Å². The lowest BCUT2D eigenvalue weighted by atomic mass is 10.2. The van der Waals surface area contributed by atoms with Gasteiger partial charge in [0.15, 0.2) is 15.0 Å². The van der Waals surface area contributed by atoms with Crippen molar-refractivity contribution in [2.75, 3.05) is 17.8 Å². The molecule has 10 heteroatoms. The van der Waals surface area contributed by atoms with E-state index in [1.807, 2.05) is 25.1 Å². The molecule has 0 aliphatic rings. The van der Waals surface area contributed by atoms with Crippen LogP contribution >= 0.6 is 22.9 Å². The molecule has 0 bridgehead atoms. The van der Waals surface area contributed by atoms with Crippen LogP contribution in [0.5, 0.6) is 5.75 Å². The van der Waals surface area contributed by atoms with Crippen molar-refractivity contribution in [2.45, 2.75) is 24.8 Å². The fourth-order valence-electron chi connectivity index (χ4n) is 3.40. The summed E-state index contributed by atoms with van der Waals surface area (Å²) >= 11 is 7.61. The van der Waals surface area contributed by atoms with Crippen LogP contribution in [-0.4, -0.2) is 37.2 Å². The molecule has 0 aliphatic carbocycles. The van der Waals surface area contributed by atoms with Gasteiger partial charge in [0.1, 0.15) is 5.75 Å². The molecule has 2 aromatic carbocycles. The minimum absolute atomic E-state index is 0.145. The normalized spacial score (nSPS) is 11.5. The van der Waals surface area contributed by atoms with E-state index in [4.69, 9.17) is 16.3 Å². The molecular formula is C24H22ClN3O4S2. The van der Waals surface area contributed by atoms with Crippen LogP contribution in [-0.2, 0) is 21.2 Å². The van der Waals surface area contributed by atoms with E-state index in [9.17, 15) is 13.2 Å². The third-order valence-corrected chi connectivity index (χ3v) is 8.55. The van der Waals surface area contributed by atoms with Crippen molar-refractivity contribution < 1.29 is 17.9 Å². The summed E-state index contributed by atoms with van der Waals surface area (Å²) in [5.41, 5.74) is 2.42. The SMILES string of the molecule is COc1ccc(S(=O)(=O)CCC(=O)N(Cc2ccncc2)c2nc3c(C)c(Cl)ccc3s2)cc1. The van der Waals surface area contributed by atoms with Crippen molar-refractivity contribution in [3.63, 3.8) is 0 Å². The van der Waals surface area contributed by atoms with E-state index in [2.05, 4.69) is 9.97 Å². The number of pyridine rings is 1. The lowest BCUT2D eigenvalue weighted by Gasteiger charge is -2.20. The molecular weight excluding hydrogens is 494 g/mol. The van der Waals surface area contributed by atoms with Crippen LogP contribution in [0.1, 0.15) is 17.5 Å². The summed E-state index contributed by atoms with van der Waals surface area (Å²) in [7, 11) is -2.14. The summed E-state index contributed by atoms with van der Waals surface area (Å²) in [4.78, 5) is 23.7. The summed E-state index contributed by atoms with van der Waals surface area (Å²) in [5.74, 6) is -0.0951. The number of fused-ring (bicyclic) bond motifs is 1. The average Bonchev–Trinajstić information content (AvgIpc) is 3.29. The van der Waals surface area contributed by atoms with Crippen LogP contribution in [0, 0.1) is 6.92 Å². The number of aryl methyl sites for hydroxylation is 1. The van der Waals surface area contributed by atoms with Crippen LogP contribution in [0.25, 0.3) is 10.2 Å². The Kier molecular flexibility index (Phi) is 7.16. The minimum Gasteiger partial charge on any atom is -0.497 e. The number of aromatic nitrogens is 2. The number of carbonyl (C=O) groups excluding carboxylic acids is 1. The molecule has 1 amide bonds. The van der Waals surface area contributed by atoms with Gasteiger partial charge in [-0.15, -0.1) is 0 Å². The topological polar surface area (TPSA) is 89.5 Å². The fraction of sp³-hybridized carbons (Fsp3) is 0.208. The molecule has 2 aromatic heterocycles. The first kappa shape index (κ1) is 24.1. The predicted octanol–water partition coefficient (Wildman–Crippen LogP) is 5.06. The second-order valence-electron chi connectivity index (χ2n) is 7.60. The standard InChI is InChI=1S/C24H22ClN3O4S2/c1-16-20(25)7-8-21-23(16)27-24(33-21)28(15-17-9-12-26-13-10-17)22(29)11-14-34(30,31)19-5-3-18(32-2)4-6-19/h3-10,12-13H,11,14-15H2,1-2H3. The number of nitrogens with zero attached hydrogens (tertiary/aromatic N) is 3. The maximum atomic E-state index is 13.3. The van der Waals surface area contributed by atoms with Crippen molar-refractivity contribution in [3.8, 4) is 5.75 Å². The molecule has 0 radical (unpaired) electrons. The van der Waals surface area contributed by atoms with E-state index in [0.717, 1.165) is 21.3 Å². The Morgan fingerprint density at radius 2 is 1.79 bits per heavy atom. The van der Waals surface area contributed by atoms with Gasteiger partial charge in [0.05, 0.1) is 34.5 Å². The highest BCUT2D eigenvalue weighted by molar-refractivity contribution is 7.91. The van der Waals surface area contributed by atoms with Gasteiger partial charge >= 0.3 is 0 Å². The third-order valence-electron chi connectivity index (χ3n) is 5.36. The van der Waals surface area contributed by atoms with Gasteiger partial charge in [-0.05, 0) is 66.6 Å². The lowest BCUT2D eigenvalue weighted by molar-refractivity contribution is -0.118. The number of rotatable bonds is 8. The molecule has 4 aromatic rings. The molecule has 0 saturated carbocycles. The number of amides is 1. The number of halogens is 1. The second-order valence-corrected chi connectivity index (χ2v) is 11.1. The Labute approximate surface area is 206 Å². The van der Waals surface area contributed by atoms with Crippen molar-refractivity contribution in [1.82, 2.24) is 9.97 Å². The Hall–Kier alpha value is -3.01. The lowest BCUT2D eigenvalue weighted by Crippen LogP contribution is -2.31. The number of hydrogen-bond donors (Lipinski definition) is 0. The van der Waals surface area contributed by atoms with Gasteiger partial charge in [0.25, 0.3) is 0 Å². The molecule has 4 rings (SSSR count). The minimum atomic E-state index is -3.65. The van der Waals surface area contributed by atoms with E-state index in [1.165, 1.54) is 35.5 Å². The van der Waals surface area contributed by atoms with Crippen LogP contribution in [0.2, 0.25) is 5.02 Å². The first-order valence-electron chi connectivity index (χ1n) is 10.4. The molecule has 0 spiro atoms. The second kappa shape index (κ2) is 10.1. The highest BCUT2D eigenvalue weighted by atomic mass is 35.5. The molecule has 0 fully saturated rings.